The Bertz CT molecular complexity index is 604. The van der Waals surface area contributed by atoms with Gasteiger partial charge in [0.05, 0.1) is 11.6 Å². The number of nitrogens with two attached hydrogens (primary N) is 1. The Hall–Kier alpha value is -1.10. The van der Waals surface area contributed by atoms with Crippen molar-refractivity contribution >= 4 is 27.5 Å². The van der Waals surface area contributed by atoms with Crippen molar-refractivity contribution in [3.8, 4) is 5.75 Å². The van der Waals surface area contributed by atoms with Gasteiger partial charge in [-0.3, -0.25) is 0 Å². The molecule has 0 spiro atoms. The molecule has 2 aromatic rings. The monoisotopic (exact) mass is 357 g/mol. The van der Waals surface area contributed by atoms with Crippen LogP contribution in [-0.2, 0) is 6.42 Å². The molecule has 0 heterocycles. The van der Waals surface area contributed by atoms with Gasteiger partial charge < -0.3 is 10.5 Å². The number of halogens is 3. The summed E-state index contributed by atoms with van der Waals surface area (Å²) in [5.41, 5.74) is 8.02. The predicted molar refractivity (Wildman–Crippen MR) is 82.7 cm³/mol. The average Bonchev–Trinajstić information content (AvgIpc) is 2.43. The van der Waals surface area contributed by atoms with Crippen LogP contribution >= 0.6 is 27.5 Å². The van der Waals surface area contributed by atoms with Crippen molar-refractivity contribution in [1.82, 2.24) is 0 Å². The maximum absolute atomic E-state index is 13.5. The molecule has 0 amide bonds. The number of ether oxygens (including phenoxy) is 1. The van der Waals surface area contributed by atoms with Gasteiger partial charge in [-0.05, 0) is 46.1 Å². The molecule has 1 unspecified atom stereocenters. The SMILES string of the molecule is COc1cc(F)c(Br)cc1C(N)Cc1ccc(Cl)cc1. The summed E-state index contributed by atoms with van der Waals surface area (Å²) in [6, 6.07) is 10.2. The first-order valence-corrected chi connectivity index (χ1v) is 7.21. The van der Waals surface area contributed by atoms with Gasteiger partial charge in [0, 0.05) is 22.7 Å². The van der Waals surface area contributed by atoms with Crippen molar-refractivity contribution in [3.63, 3.8) is 0 Å². The Morgan fingerprint density at radius 1 is 1.30 bits per heavy atom. The van der Waals surface area contributed by atoms with Crippen LogP contribution in [0.2, 0.25) is 5.02 Å². The van der Waals surface area contributed by atoms with Gasteiger partial charge in [-0.15, -0.1) is 0 Å². The van der Waals surface area contributed by atoms with Crippen molar-refractivity contribution in [1.29, 1.82) is 0 Å². The van der Waals surface area contributed by atoms with Crippen molar-refractivity contribution in [2.45, 2.75) is 12.5 Å². The van der Waals surface area contributed by atoms with E-state index in [1.807, 2.05) is 24.3 Å². The zero-order valence-corrected chi connectivity index (χ0v) is 13.2. The van der Waals surface area contributed by atoms with Crippen LogP contribution in [0.1, 0.15) is 17.2 Å². The van der Waals surface area contributed by atoms with Crippen LogP contribution in [0.5, 0.6) is 5.75 Å². The van der Waals surface area contributed by atoms with Gasteiger partial charge in [0.15, 0.2) is 0 Å². The van der Waals surface area contributed by atoms with Gasteiger partial charge in [0.1, 0.15) is 11.6 Å². The lowest BCUT2D eigenvalue weighted by atomic mass is 9.99. The first kappa shape index (κ1) is 15.3. The summed E-state index contributed by atoms with van der Waals surface area (Å²) >= 11 is 9.02. The molecule has 2 aromatic carbocycles. The number of rotatable bonds is 4. The molecule has 0 saturated heterocycles. The Balaban J connectivity index is 2.26. The topological polar surface area (TPSA) is 35.2 Å². The third kappa shape index (κ3) is 3.51. The molecule has 0 aliphatic carbocycles. The van der Waals surface area contributed by atoms with E-state index in [1.165, 1.54) is 13.2 Å². The van der Waals surface area contributed by atoms with Gasteiger partial charge in [-0.25, -0.2) is 4.39 Å². The Morgan fingerprint density at radius 2 is 1.95 bits per heavy atom. The minimum absolute atomic E-state index is 0.289. The molecule has 106 valence electrons. The molecule has 5 heteroatoms. The van der Waals surface area contributed by atoms with Crippen LogP contribution in [0.25, 0.3) is 0 Å². The second-order valence-corrected chi connectivity index (χ2v) is 5.74. The zero-order chi connectivity index (χ0) is 14.7. The van der Waals surface area contributed by atoms with Crippen molar-refractivity contribution in [2.75, 3.05) is 7.11 Å². The van der Waals surface area contributed by atoms with Gasteiger partial charge in [-0.1, -0.05) is 23.7 Å². The van der Waals surface area contributed by atoms with E-state index in [-0.39, 0.29) is 11.9 Å². The van der Waals surface area contributed by atoms with Crippen LogP contribution in [0, 0.1) is 5.82 Å². The van der Waals surface area contributed by atoms with Crippen molar-refractivity contribution in [3.05, 3.63) is 62.8 Å². The normalized spacial score (nSPS) is 12.2. The Labute approximate surface area is 130 Å². The molecule has 2 rings (SSSR count). The quantitative estimate of drug-likeness (QED) is 0.874. The number of hydrogen-bond donors (Lipinski definition) is 1. The number of methoxy groups -OCH3 is 1. The molecule has 0 radical (unpaired) electrons. The fraction of sp³-hybridized carbons (Fsp3) is 0.200. The molecular weight excluding hydrogens is 345 g/mol. The highest BCUT2D eigenvalue weighted by Gasteiger charge is 2.15. The van der Waals surface area contributed by atoms with Gasteiger partial charge in [0.2, 0.25) is 0 Å². The first-order valence-electron chi connectivity index (χ1n) is 6.04. The summed E-state index contributed by atoms with van der Waals surface area (Å²) in [6.07, 6.45) is 0.617. The van der Waals surface area contributed by atoms with E-state index < -0.39 is 0 Å². The Kier molecular flexibility index (Phi) is 5.02. The molecule has 0 bridgehead atoms. The van der Waals surface area contributed by atoms with E-state index in [4.69, 9.17) is 22.1 Å². The molecule has 2 nitrogen and oxygen atoms in total. The Morgan fingerprint density at radius 3 is 2.55 bits per heavy atom. The molecule has 2 N–H and O–H groups in total. The van der Waals surface area contributed by atoms with E-state index in [2.05, 4.69) is 15.9 Å². The molecule has 20 heavy (non-hydrogen) atoms. The van der Waals surface area contributed by atoms with E-state index in [0.29, 0.717) is 21.7 Å². The van der Waals surface area contributed by atoms with E-state index in [0.717, 1.165) is 11.1 Å². The molecule has 0 aliphatic rings. The molecule has 1 atom stereocenters. The van der Waals surface area contributed by atoms with E-state index in [9.17, 15) is 4.39 Å². The van der Waals surface area contributed by atoms with Crippen LogP contribution in [0.3, 0.4) is 0 Å². The van der Waals surface area contributed by atoms with Crippen LogP contribution in [-0.4, -0.2) is 7.11 Å². The summed E-state index contributed by atoms with van der Waals surface area (Å²) < 4.78 is 19.1. The maximum Gasteiger partial charge on any atom is 0.141 e. The lowest BCUT2D eigenvalue weighted by Gasteiger charge is -2.16. The smallest absolute Gasteiger partial charge is 0.141 e. The fourth-order valence-electron chi connectivity index (χ4n) is 1.99. The summed E-state index contributed by atoms with van der Waals surface area (Å²) in [6.45, 7) is 0. The minimum Gasteiger partial charge on any atom is -0.496 e. The van der Waals surface area contributed by atoms with Crippen molar-refractivity contribution < 1.29 is 9.13 Å². The van der Waals surface area contributed by atoms with Crippen molar-refractivity contribution in [2.24, 2.45) is 5.73 Å². The predicted octanol–water partition coefficient (Wildman–Crippen LogP) is 4.49. The van der Waals surface area contributed by atoms with E-state index in [1.54, 1.807) is 6.07 Å². The summed E-state index contributed by atoms with van der Waals surface area (Å²) in [5, 5.41) is 0.685. The molecule has 0 aliphatic heterocycles. The third-order valence-corrected chi connectivity index (χ3v) is 3.90. The molecule has 0 saturated carbocycles. The first-order chi connectivity index (χ1) is 9.51. The maximum atomic E-state index is 13.5. The highest BCUT2D eigenvalue weighted by atomic mass is 79.9. The second kappa shape index (κ2) is 6.57. The largest absolute Gasteiger partial charge is 0.496 e. The zero-order valence-electron chi connectivity index (χ0n) is 10.9. The lowest BCUT2D eigenvalue weighted by Crippen LogP contribution is -2.14. The summed E-state index contributed by atoms with van der Waals surface area (Å²) in [4.78, 5) is 0. The van der Waals surface area contributed by atoms with E-state index >= 15 is 0 Å². The van der Waals surface area contributed by atoms with Crippen LogP contribution in [0.4, 0.5) is 4.39 Å². The number of benzene rings is 2. The second-order valence-electron chi connectivity index (χ2n) is 4.45. The minimum atomic E-state index is -0.371. The summed E-state index contributed by atoms with van der Waals surface area (Å²) in [7, 11) is 1.50. The lowest BCUT2D eigenvalue weighted by molar-refractivity contribution is 0.401. The standard InChI is InChI=1S/C15H14BrClFNO/c1-20-15-8-13(18)12(16)7-11(15)14(19)6-9-2-4-10(17)5-3-9/h2-5,7-8,14H,6,19H2,1H3. The molecule has 0 fully saturated rings. The average molecular weight is 359 g/mol. The molecular formula is C15H14BrClFNO. The summed E-state index contributed by atoms with van der Waals surface area (Å²) in [5.74, 6) is 0.0801. The molecule has 0 aromatic heterocycles. The highest BCUT2D eigenvalue weighted by Crippen LogP contribution is 2.31. The van der Waals surface area contributed by atoms with Gasteiger partial charge in [-0.2, -0.15) is 0 Å². The third-order valence-electron chi connectivity index (χ3n) is 3.04. The highest BCUT2D eigenvalue weighted by molar-refractivity contribution is 9.10. The van der Waals surface area contributed by atoms with Crippen LogP contribution in [0.15, 0.2) is 40.9 Å². The fourth-order valence-corrected chi connectivity index (χ4v) is 2.48. The van der Waals surface area contributed by atoms with Gasteiger partial charge in [0.25, 0.3) is 0 Å². The van der Waals surface area contributed by atoms with Gasteiger partial charge >= 0.3 is 0 Å². The number of hydrogen-bond acceptors (Lipinski definition) is 2. The van der Waals surface area contributed by atoms with Crippen LogP contribution < -0.4 is 10.5 Å².